The lowest BCUT2D eigenvalue weighted by molar-refractivity contribution is -0.329. The molecule has 0 amide bonds. The Morgan fingerprint density at radius 1 is 1.26 bits per heavy atom. The van der Waals surface area contributed by atoms with Crippen LogP contribution in [-0.2, 0) is 29.5 Å². The van der Waals surface area contributed by atoms with Gasteiger partial charge in [-0.05, 0) is 19.4 Å². The number of morpholine rings is 1. The predicted octanol–water partition coefficient (Wildman–Crippen LogP) is 1.65. The van der Waals surface area contributed by atoms with E-state index in [1.54, 1.807) is 17.9 Å². The Morgan fingerprint density at radius 3 is 2.81 bits per heavy atom. The monoisotopic (exact) mass is 387 g/mol. The van der Waals surface area contributed by atoms with Crippen LogP contribution in [0.25, 0.3) is 20.4 Å². The van der Waals surface area contributed by atoms with Gasteiger partial charge < -0.3 is 14.0 Å². The summed E-state index contributed by atoms with van der Waals surface area (Å²) >= 11 is 1.50. The lowest BCUT2D eigenvalue weighted by Gasteiger charge is -2.33. The maximum Gasteiger partial charge on any atom is 0.281 e. The highest BCUT2D eigenvalue weighted by Crippen LogP contribution is 2.40. The molecule has 5 rings (SSSR count). The molecule has 5 heterocycles. The summed E-state index contributed by atoms with van der Waals surface area (Å²) in [6.45, 7) is 7.94. The summed E-state index contributed by atoms with van der Waals surface area (Å²) in [5.41, 5.74) is 3.01. The largest absolute Gasteiger partial charge is 0.373 e. The Hall–Kier alpha value is -2.03. The number of aromatic nitrogens is 3. The number of fused-ring (bicyclic) bond motifs is 5. The molecule has 0 bridgehead atoms. The third-order valence-electron chi connectivity index (χ3n) is 5.48. The average Bonchev–Trinajstić information content (AvgIpc) is 3.03. The van der Waals surface area contributed by atoms with Crippen molar-refractivity contribution in [3.8, 4) is 0 Å². The van der Waals surface area contributed by atoms with Crippen molar-refractivity contribution in [2.24, 2.45) is 7.05 Å². The molecule has 2 aliphatic heterocycles. The fourth-order valence-corrected chi connectivity index (χ4v) is 5.20. The van der Waals surface area contributed by atoms with Gasteiger partial charge in [0.05, 0.1) is 42.7 Å². The van der Waals surface area contributed by atoms with Gasteiger partial charge in [-0.3, -0.25) is 9.69 Å². The number of anilines is 1. The normalized spacial score (nSPS) is 19.6. The number of pyridine rings is 1. The summed E-state index contributed by atoms with van der Waals surface area (Å²) in [6.07, 6.45) is 2.41. The number of hydrogen-bond acceptors (Lipinski definition) is 6. The van der Waals surface area contributed by atoms with Gasteiger partial charge in [0.2, 0.25) is 0 Å². The third-order valence-corrected chi connectivity index (χ3v) is 6.56. The molecule has 2 aliphatic rings. The minimum atomic E-state index is -0.239. The first-order chi connectivity index (χ1) is 12.9. The Bertz CT molecular complexity index is 1110. The molecule has 1 fully saturated rings. The topological polar surface area (TPSA) is 70.7 Å². The van der Waals surface area contributed by atoms with Crippen LogP contribution in [0.1, 0.15) is 25.0 Å². The Morgan fingerprint density at radius 2 is 2.04 bits per heavy atom. The Kier molecular flexibility index (Phi) is 3.79. The van der Waals surface area contributed by atoms with Crippen molar-refractivity contribution in [2.45, 2.75) is 32.5 Å². The molecule has 0 unspecified atom stereocenters. The van der Waals surface area contributed by atoms with E-state index in [9.17, 15) is 4.79 Å². The zero-order valence-electron chi connectivity index (χ0n) is 15.8. The van der Waals surface area contributed by atoms with Crippen molar-refractivity contribution in [2.75, 3.05) is 31.2 Å². The van der Waals surface area contributed by atoms with Crippen LogP contribution in [0, 0.1) is 0 Å². The van der Waals surface area contributed by atoms with Gasteiger partial charge in [0, 0.05) is 13.5 Å². The van der Waals surface area contributed by atoms with Crippen LogP contribution in [0.5, 0.6) is 0 Å². The van der Waals surface area contributed by atoms with E-state index in [0.29, 0.717) is 11.3 Å². The molecule has 8 heteroatoms. The van der Waals surface area contributed by atoms with Gasteiger partial charge in [0.1, 0.15) is 23.3 Å². The van der Waals surface area contributed by atoms with Crippen LogP contribution in [-0.4, -0.2) is 41.5 Å². The predicted molar refractivity (Wildman–Crippen MR) is 105 cm³/mol. The van der Waals surface area contributed by atoms with Crippen LogP contribution < -0.4 is 15.4 Å². The van der Waals surface area contributed by atoms with E-state index in [2.05, 4.69) is 28.7 Å². The van der Waals surface area contributed by atoms with E-state index in [1.165, 1.54) is 22.5 Å². The minimum Gasteiger partial charge on any atom is -0.373 e. The van der Waals surface area contributed by atoms with E-state index in [0.717, 1.165) is 54.3 Å². The molecule has 3 aromatic rings. The second-order valence-electron chi connectivity index (χ2n) is 7.90. The lowest BCUT2D eigenvalue weighted by atomic mass is 9.90. The second-order valence-corrected chi connectivity index (χ2v) is 8.92. The number of aryl methyl sites for hydroxylation is 1. The maximum absolute atomic E-state index is 12.6. The van der Waals surface area contributed by atoms with Gasteiger partial charge in [0.25, 0.3) is 11.4 Å². The average molecular weight is 387 g/mol. The number of nitrogens with zero attached hydrogens (tertiary/aromatic N) is 3. The van der Waals surface area contributed by atoms with Crippen molar-refractivity contribution >= 4 is 37.6 Å². The first kappa shape index (κ1) is 17.1. The number of ether oxygens (including phenoxy) is 2. The highest BCUT2D eigenvalue weighted by atomic mass is 32.1. The standard InChI is InChI=1S/C19H22N4O3S/c1-19(2)8-11-12(9-26-19)16(23-4-6-25-7-5-23)21-17-13(11)14-15(27-17)18(24)22(3)10-20-14/h10H,4-9H2,1-3H3/p+1. The van der Waals surface area contributed by atoms with Crippen molar-refractivity contribution in [1.82, 2.24) is 9.55 Å². The Balaban J connectivity index is 1.84. The molecule has 3 aromatic heterocycles. The van der Waals surface area contributed by atoms with Gasteiger partial charge in [-0.25, -0.2) is 9.97 Å². The summed E-state index contributed by atoms with van der Waals surface area (Å²) in [6, 6.07) is 0. The number of nitrogens with one attached hydrogen (secondary N) is 1. The number of hydrogen-bond donors (Lipinski definition) is 0. The Labute approximate surface area is 160 Å². The number of H-pyrrole nitrogens is 1. The quantitative estimate of drug-likeness (QED) is 0.635. The van der Waals surface area contributed by atoms with Crippen LogP contribution in [0.4, 0.5) is 5.82 Å². The molecule has 142 valence electrons. The maximum atomic E-state index is 12.6. The van der Waals surface area contributed by atoms with E-state index >= 15 is 0 Å². The highest BCUT2D eigenvalue weighted by molar-refractivity contribution is 7.25. The number of rotatable bonds is 1. The van der Waals surface area contributed by atoms with Crippen molar-refractivity contribution in [3.05, 3.63) is 27.8 Å². The fraction of sp³-hybridized carbons (Fsp3) is 0.526. The van der Waals surface area contributed by atoms with Crippen molar-refractivity contribution in [3.63, 3.8) is 0 Å². The molecule has 0 radical (unpaired) electrons. The zero-order valence-corrected chi connectivity index (χ0v) is 16.6. The number of thiophene rings is 1. The van der Waals surface area contributed by atoms with Crippen molar-refractivity contribution in [1.29, 1.82) is 0 Å². The number of aromatic amines is 1. The summed E-state index contributed by atoms with van der Waals surface area (Å²) in [5, 5.41) is 1.08. The highest BCUT2D eigenvalue weighted by Gasteiger charge is 2.36. The first-order valence-corrected chi connectivity index (χ1v) is 10.1. The molecule has 7 nitrogen and oxygen atoms in total. The third kappa shape index (κ3) is 2.66. The molecule has 0 saturated carbocycles. The molecule has 0 aromatic carbocycles. The molecule has 0 spiro atoms. The molecular weight excluding hydrogens is 364 g/mol. The minimum absolute atomic E-state index is 0.00240. The molecule has 1 saturated heterocycles. The fourth-order valence-electron chi connectivity index (χ4n) is 4.04. The molecular formula is C19H23N4O3S+. The first-order valence-electron chi connectivity index (χ1n) is 9.26. The zero-order chi connectivity index (χ0) is 18.8. The molecule has 0 atom stereocenters. The lowest BCUT2D eigenvalue weighted by Crippen LogP contribution is -2.42. The summed E-state index contributed by atoms with van der Waals surface area (Å²) in [5.74, 6) is 1.10. The summed E-state index contributed by atoms with van der Waals surface area (Å²) in [4.78, 5) is 24.2. The van der Waals surface area contributed by atoms with Gasteiger partial charge in [-0.2, -0.15) is 0 Å². The van der Waals surface area contributed by atoms with Crippen LogP contribution in [0.15, 0.2) is 11.1 Å². The summed E-state index contributed by atoms with van der Waals surface area (Å²) < 4.78 is 13.9. The van der Waals surface area contributed by atoms with Crippen LogP contribution >= 0.6 is 11.3 Å². The second kappa shape index (κ2) is 5.98. The van der Waals surface area contributed by atoms with E-state index < -0.39 is 0 Å². The molecule has 27 heavy (non-hydrogen) atoms. The van der Waals surface area contributed by atoms with Crippen LogP contribution in [0.3, 0.4) is 0 Å². The van der Waals surface area contributed by atoms with E-state index in [-0.39, 0.29) is 11.2 Å². The van der Waals surface area contributed by atoms with Gasteiger partial charge >= 0.3 is 0 Å². The van der Waals surface area contributed by atoms with Crippen LogP contribution in [0.2, 0.25) is 0 Å². The molecule has 1 N–H and O–H groups in total. The van der Waals surface area contributed by atoms with Crippen molar-refractivity contribution < 1.29 is 14.5 Å². The van der Waals surface area contributed by atoms with E-state index in [4.69, 9.17) is 9.47 Å². The van der Waals surface area contributed by atoms with Gasteiger partial charge in [0.15, 0.2) is 4.83 Å². The van der Waals surface area contributed by atoms with Gasteiger partial charge in [-0.1, -0.05) is 11.3 Å². The smallest absolute Gasteiger partial charge is 0.281 e. The van der Waals surface area contributed by atoms with Gasteiger partial charge in [-0.15, -0.1) is 0 Å². The van der Waals surface area contributed by atoms with E-state index in [1.807, 2.05) is 0 Å². The summed E-state index contributed by atoms with van der Waals surface area (Å²) in [7, 11) is 1.74. The molecule has 0 aliphatic carbocycles. The SMILES string of the molecule is Cn1cnc2c(sc3[nH+]c(N4CCOCC4)c4c(c32)CC(C)(C)OC4)c1=O.